The summed E-state index contributed by atoms with van der Waals surface area (Å²) in [7, 11) is 0. The summed E-state index contributed by atoms with van der Waals surface area (Å²) in [5.74, 6) is 0.365. The van der Waals surface area contributed by atoms with Crippen molar-refractivity contribution in [1.29, 1.82) is 0 Å². The third-order valence-corrected chi connectivity index (χ3v) is 10.7. The van der Waals surface area contributed by atoms with Crippen LogP contribution >= 0.6 is 0 Å². The van der Waals surface area contributed by atoms with Gasteiger partial charge in [0.05, 0.1) is 11.5 Å². The molecule has 0 aliphatic heterocycles. The Morgan fingerprint density at radius 3 is 1.98 bits per heavy atom. The van der Waals surface area contributed by atoms with Gasteiger partial charge in [0, 0.05) is 31.7 Å². The van der Waals surface area contributed by atoms with Gasteiger partial charge in [-0.25, -0.2) is 4.39 Å². The molecule has 0 aliphatic rings. The Bertz CT molecular complexity index is 2140. The molecule has 3 nitrogen and oxygen atoms in total. The molecule has 1 radical (unpaired) electrons. The van der Waals surface area contributed by atoms with Crippen molar-refractivity contribution in [3.05, 3.63) is 126 Å². The van der Waals surface area contributed by atoms with Gasteiger partial charge < -0.3 is 10.1 Å². The largest absolute Gasteiger partial charge is 0.511 e. The normalized spacial score (nSPS) is 12.0. The van der Waals surface area contributed by atoms with Crippen molar-refractivity contribution in [2.45, 2.75) is 74.1 Å². The van der Waals surface area contributed by atoms with E-state index in [9.17, 15) is 14.3 Å². The summed E-state index contributed by atoms with van der Waals surface area (Å²) in [6.45, 7) is 14.3. The molecule has 50 heavy (non-hydrogen) atoms. The first-order chi connectivity index (χ1) is 23.5. The van der Waals surface area contributed by atoms with Gasteiger partial charge in [0.25, 0.3) is 0 Å². The maximum atomic E-state index is 13.4. The molecule has 0 fully saturated rings. The molecule has 0 unspecified atom stereocenters. The molecule has 0 saturated carbocycles. The fourth-order valence-corrected chi connectivity index (χ4v) is 6.32. The minimum Gasteiger partial charge on any atom is -0.511 e. The fourth-order valence-electron chi connectivity index (χ4n) is 6.32. The summed E-state index contributed by atoms with van der Waals surface area (Å²) >= 11 is 0. The SMILES string of the molecule is CCC(C)(CC)C(=[OH+])/C=C(\O)C(C)(CC)CC.Cc1[c-]c(-c2nccc3c2ccc2c4ccccc4ccc32)cc(-c2ccc(F)cc2)c1.[Ir]. The van der Waals surface area contributed by atoms with Gasteiger partial charge in [-0.2, -0.15) is 0 Å². The maximum absolute atomic E-state index is 13.4. The standard InChI is InChI=1S/C30H19FN.C15H28O2.Ir/c1-19-16-22(20-6-9-24(31)10-7-20)18-23(17-19)30-29-13-12-26-25-5-3-2-4-21(25)8-11-27(26)28(29)14-15-32-30;1-7-14(5,8-2)12(16)11-13(17)15(6,9-3)10-4;/h2-16,18H,1H3;11,16H,7-10H2,1-6H3;/q-1;;/p+1/b;12-11-;. The zero-order chi connectivity index (χ0) is 35.3. The van der Waals surface area contributed by atoms with Crippen LogP contribution in [0.2, 0.25) is 0 Å². The first-order valence-electron chi connectivity index (χ1n) is 17.4. The van der Waals surface area contributed by atoms with Crippen LogP contribution in [0.15, 0.2) is 109 Å². The molecule has 261 valence electrons. The number of carbonyl (C=O) groups excluding carboxylic acids is 1. The molecule has 1 aromatic heterocycles. The van der Waals surface area contributed by atoms with Gasteiger partial charge in [0.2, 0.25) is 0 Å². The zero-order valence-electron chi connectivity index (χ0n) is 30.2. The molecule has 0 spiro atoms. The van der Waals surface area contributed by atoms with E-state index in [0.717, 1.165) is 59.0 Å². The Balaban J connectivity index is 0.000000269. The number of allylic oxidation sites excluding steroid dienone is 2. The van der Waals surface area contributed by atoms with Crippen molar-refractivity contribution in [3.63, 3.8) is 0 Å². The van der Waals surface area contributed by atoms with Crippen molar-refractivity contribution in [2.24, 2.45) is 10.8 Å². The molecule has 0 bridgehead atoms. The summed E-state index contributed by atoms with van der Waals surface area (Å²) in [5, 5.41) is 17.4. The first-order valence-corrected chi connectivity index (χ1v) is 17.4. The van der Waals surface area contributed by atoms with Crippen molar-refractivity contribution in [1.82, 2.24) is 4.98 Å². The first kappa shape index (κ1) is 38.6. The molecule has 0 saturated heterocycles. The predicted molar refractivity (Wildman–Crippen MR) is 206 cm³/mol. The quantitative estimate of drug-likeness (QED) is 0.0518. The van der Waals surface area contributed by atoms with Gasteiger partial charge in [0.15, 0.2) is 0 Å². The van der Waals surface area contributed by atoms with Crippen LogP contribution in [0.5, 0.6) is 0 Å². The Hall–Kier alpha value is -4.18. The van der Waals surface area contributed by atoms with E-state index in [-0.39, 0.29) is 36.8 Å². The smallest absolute Gasteiger partial charge is 0.325 e. The van der Waals surface area contributed by atoms with E-state index in [1.807, 2.05) is 39.1 Å². The molecule has 0 atom stereocenters. The van der Waals surface area contributed by atoms with Crippen LogP contribution in [-0.4, -0.2) is 20.7 Å². The molecule has 6 aromatic rings. The van der Waals surface area contributed by atoms with Crippen LogP contribution in [0.3, 0.4) is 0 Å². The van der Waals surface area contributed by atoms with Gasteiger partial charge in [0.1, 0.15) is 11.6 Å². The predicted octanol–water partition coefficient (Wildman–Crippen LogP) is 12.7. The number of benzene rings is 5. The van der Waals surface area contributed by atoms with E-state index in [1.165, 1.54) is 39.1 Å². The second-order valence-corrected chi connectivity index (χ2v) is 13.6. The molecular weight excluding hydrogens is 798 g/mol. The number of halogens is 1. The fraction of sp³-hybridized carbons (Fsp3) is 0.289. The van der Waals surface area contributed by atoms with Gasteiger partial charge in [-0.1, -0.05) is 102 Å². The average molecular weight is 846 g/mol. The summed E-state index contributed by atoms with van der Waals surface area (Å²) in [5.41, 5.74) is 4.42. The second-order valence-electron chi connectivity index (χ2n) is 13.6. The van der Waals surface area contributed by atoms with Crippen LogP contribution in [0, 0.1) is 29.6 Å². The van der Waals surface area contributed by atoms with Crippen LogP contribution < -0.4 is 0 Å². The van der Waals surface area contributed by atoms with E-state index in [2.05, 4.69) is 100 Å². The summed E-state index contributed by atoms with van der Waals surface area (Å²) < 4.78 is 13.4. The van der Waals surface area contributed by atoms with E-state index >= 15 is 0 Å². The molecule has 2 N–H and O–H groups in total. The van der Waals surface area contributed by atoms with Crippen LogP contribution in [0.4, 0.5) is 4.39 Å². The summed E-state index contributed by atoms with van der Waals surface area (Å²) in [6.07, 6.45) is 6.92. The number of hydrogen-bond acceptors (Lipinski definition) is 2. The van der Waals surface area contributed by atoms with Crippen molar-refractivity contribution < 1.29 is 34.4 Å². The van der Waals surface area contributed by atoms with E-state index in [4.69, 9.17) is 4.98 Å². The third-order valence-electron chi connectivity index (χ3n) is 10.7. The number of hydrogen-bond donors (Lipinski definition) is 1. The third kappa shape index (κ3) is 7.90. The monoisotopic (exact) mass is 846 g/mol. The summed E-state index contributed by atoms with van der Waals surface area (Å²) in [6, 6.07) is 33.6. The number of nitrogens with zero attached hydrogens (tertiary/aromatic N) is 1. The van der Waals surface area contributed by atoms with Crippen molar-refractivity contribution in [2.75, 3.05) is 0 Å². The Morgan fingerprint density at radius 1 is 0.740 bits per heavy atom. The molecular formula is C45H48FIrNO2. The minimum absolute atomic E-state index is 0. The topological polar surface area (TPSA) is 54.5 Å². The second kappa shape index (κ2) is 16.2. The van der Waals surface area contributed by atoms with Crippen LogP contribution in [-0.2, 0) is 20.1 Å². The van der Waals surface area contributed by atoms with Gasteiger partial charge in [-0.05, 0) is 94.4 Å². The number of ketones is 1. The number of fused-ring (bicyclic) bond motifs is 5. The number of aromatic nitrogens is 1. The van der Waals surface area contributed by atoms with Crippen LogP contribution in [0.25, 0.3) is 54.7 Å². The summed E-state index contributed by atoms with van der Waals surface area (Å²) in [4.78, 5) is 14.9. The Labute approximate surface area is 310 Å². The van der Waals surface area contributed by atoms with Crippen LogP contribution in [0.1, 0.15) is 72.8 Å². The number of aliphatic hydroxyl groups is 1. The molecule has 0 amide bonds. The number of aliphatic hydroxyl groups excluding tert-OH is 1. The van der Waals surface area contributed by atoms with Gasteiger partial charge in [-0.3, -0.25) is 4.79 Å². The van der Waals surface area contributed by atoms with Crippen molar-refractivity contribution in [3.8, 4) is 22.4 Å². The minimum atomic E-state index is -0.233. The molecule has 5 heteroatoms. The number of pyridine rings is 1. The maximum Gasteiger partial charge on any atom is 0.325 e. The van der Waals surface area contributed by atoms with E-state index < -0.39 is 0 Å². The average Bonchev–Trinajstić information content (AvgIpc) is 3.13. The number of aryl methyl sites for hydroxylation is 1. The zero-order valence-corrected chi connectivity index (χ0v) is 32.6. The van der Waals surface area contributed by atoms with E-state index in [1.54, 1.807) is 6.08 Å². The van der Waals surface area contributed by atoms with Gasteiger partial charge >= 0.3 is 5.78 Å². The Kier molecular flexibility index (Phi) is 12.5. The van der Waals surface area contributed by atoms with Gasteiger partial charge in [-0.15, -0.1) is 34.9 Å². The molecule has 5 aromatic carbocycles. The Morgan fingerprint density at radius 2 is 1.32 bits per heavy atom. The number of rotatable bonds is 9. The molecule has 1 heterocycles. The van der Waals surface area contributed by atoms with Crippen molar-refractivity contribution >= 4 is 38.1 Å². The molecule has 0 aliphatic carbocycles. The molecule has 6 rings (SSSR count). The van der Waals surface area contributed by atoms with E-state index in [0.29, 0.717) is 11.5 Å².